The zero-order chi connectivity index (χ0) is 12.6. The van der Waals surface area contributed by atoms with Crippen molar-refractivity contribution >= 4 is 11.9 Å². The molecule has 0 aromatic carbocycles. The van der Waals surface area contributed by atoms with Crippen LogP contribution in [0.15, 0.2) is 0 Å². The maximum Gasteiger partial charge on any atom is 0.331 e. The molecule has 1 aliphatic heterocycles. The first kappa shape index (κ1) is 14.9. The molecular formula is C11H21NO4. The maximum absolute atomic E-state index is 11.3. The molecule has 1 atom stereocenters. The lowest BCUT2D eigenvalue weighted by molar-refractivity contribution is -0.150. The number of carbonyl (C=O) groups is 2. The third-order valence-corrected chi connectivity index (χ3v) is 2.22. The Morgan fingerprint density at radius 2 is 2.12 bits per heavy atom. The van der Waals surface area contributed by atoms with E-state index in [1.54, 1.807) is 13.8 Å². The molecule has 0 aromatic rings. The molecule has 1 amide bonds. The maximum atomic E-state index is 11.3. The van der Waals surface area contributed by atoms with Gasteiger partial charge < -0.3 is 15.2 Å². The minimum absolute atomic E-state index is 0.0782. The second kappa shape index (κ2) is 7.22. The van der Waals surface area contributed by atoms with Crippen LogP contribution in [0.25, 0.3) is 0 Å². The van der Waals surface area contributed by atoms with Gasteiger partial charge >= 0.3 is 5.97 Å². The van der Waals surface area contributed by atoms with Crippen molar-refractivity contribution in [1.29, 1.82) is 0 Å². The van der Waals surface area contributed by atoms with Crippen molar-refractivity contribution in [3.05, 3.63) is 0 Å². The Bertz CT molecular complexity index is 240. The van der Waals surface area contributed by atoms with Crippen molar-refractivity contribution < 1.29 is 19.4 Å². The highest BCUT2D eigenvalue weighted by atomic mass is 16.5. The fourth-order valence-electron chi connectivity index (χ4n) is 1.24. The molecule has 0 bridgehead atoms. The molecule has 1 rings (SSSR count). The van der Waals surface area contributed by atoms with Gasteiger partial charge in [0, 0.05) is 13.0 Å². The summed E-state index contributed by atoms with van der Waals surface area (Å²) in [5.41, 5.74) is -0.785. The molecule has 0 aliphatic carbocycles. The SMILES string of the molecule is CCCO.CCOC(=O)C1(C)CCC(=O)N1. The molecular weight excluding hydrogens is 210 g/mol. The lowest BCUT2D eigenvalue weighted by atomic mass is 10.0. The Morgan fingerprint density at radius 1 is 1.56 bits per heavy atom. The summed E-state index contributed by atoms with van der Waals surface area (Å²) in [6.07, 6.45) is 1.82. The van der Waals surface area contributed by atoms with Crippen LogP contribution >= 0.6 is 0 Å². The second-order valence-corrected chi connectivity index (χ2v) is 3.82. The van der Waals surface area contributed by atoms with E-state index in [1.165, 1.54) is 0 Å². The molecule has 1 heterocycles. The van der Waals surface area contributed by atoms with Crippen molar-refractivity contribution in [3.63, 3.8) is 0 Å². The summed E-state index contributed by atoms with van der Waals surface area (Å²) in [5.74, 6) is -0.415. The van der Waals surface area contributed by atoms with Crippen LogP contribution in [0.2, 0.25) is 0 Å². The lowest BCUT2D eigenvalue weighted by Gasteiger charge is -2.20. The van der Waals surface area contributed by atoms with Crippen molar-refractivity contribution in [1.82, 2.24) is 5.32 Å². The van der Waals surface area contributed by atoms with Gasteiger partial charge in [0.2, 0.25) is 5.91 Å². The number of rotatable bonds is 3. The Labute approximate surface area is 96.2 Å². The number of aliphatic hydroxyl groups is 1. The van der Waals surface area contributed by atoms with E-state index in [1.807, 2.05) is 6.92 Å². The fraction of sp³-hybridized carbons (Fsp3) is 0.818. The van der Waals surface area contributed by atoms with Gasteiger partial charge in [-0.25, -0.2) is 4.79 Å². The highest BCUT2D eigenvalue weighted by Gasteiger charge is 2.41. The number of amides is 1. The number of nitrogens with one attached hydrogen (secondary N) is 1. The zero-order valence-electron chi connectivity index (χ0n) is 10.2. The summed E-state index contributed by atoms with van der Waals surface area (Å²) < 4.78 is 4.82. The molecule has 0 radical (unpaired) electrons. The van der Waals surface area contributed by atoms with Crippen molar-refractivity contribution in [2.24, 2.45) is 0 Å². The largest absolute Gasteiger partial charge is 0.464 e. The fourth-order valence-corrected chi connectivity index (χ4v) is 1.24. The van der Waals surface area contributed by atoms with E-state index < -0.39 is 5.54 Å². The van der Waals surface area contributed by atoms with Gasteiger partial charge in [-0.2, -0.15) is 0 Å². The molecule has 0 aromatic heterocycles. The monoisotopic (exact) mass is 231 g/mol. The van der Waals surface area contributed by atoms with Crippen LogP contribution in [0.3, 0.4) is 0 Å². The first-order valence-electron chi connectivity index (χ1n) is 5.59. The van der Waals surface area contributed by atoms with E-state index in [4.69, 9.17) is 9.84 Å². The lowest BCUT2D eigenvalue weighted by Crippen LogP contribution is -2.47. The summed E-state index contributed by atoms with van der Waals surface area (Å²) in [7, 11) is 0. The molecule has 5 heteroatoms. The number of esters is 1. The Kier molecular flexibility index (Phi) is 6.72. The van der Waals surface area contributed by atoms with Gasteiger partial charge in [-0.05, 0) is 26.7 Å². The van der Waals surface area contributed by atoms with E-state index in [2.05, 4.69) is 5.32 Å². The summed E-state index contributed by atoms with van der Waals surface area (Å²) in [6.45, 7) is 6.04. The normalized spacial score (nSPS) is 23.1. The molecule has 1 unspecified atom stereocenters. The van der Waals surface area contributed by atoms with E-state index >= 15 is 0 Å². The topological polar surface area (TPSA) is 75.6 Å². The van der Waals surface area contributed by atoms with Gasteiger partial charge in [-0.3, -0.25) is 4.79 Å². The first-order valence-corrected chi connectivity index (χ1v) is 5.59. The Balaban J connectivity index is 0.000000487. The van der Waals surface area contributed by atoms with Gasteiger partial charge in [0.15, 0.2) is 0 Å². The molecule has 1 saturated heterocycles. The third kappa shape index (κ3) is 4.61. The Hall–Kier alpha value is -1.10. The average Bonchev–Trinajstić information content (AvgIpc) is 2.61. The van der Waals surface area contributed by atoms with Gasteiger partial charge in [0.05, 0.1) is 6.61 Å². The number of ether oxygens (including phenoxy) is 1. The molecule has 1 fully saturated rings. The van der Waals surface area contributed by atoms with E-state index in [9.17, 15) is 9.59 Å². The summed E-state index contributed by atoms with van der Waals surface area (Å²) in [4.78, 5) is 22.1. The summed E-state index contributed by atoms with van der Waals surface area (Å²) in [6, 6.07) is 0. The van der Waals surface area contributed by atoms with Crippen molar-refractivity contribution in [3.8, 4) is 0 Å². The molecule has 2 N–H and O–H groups in total. The first-order chi connectivity index (χ1) is 7.50. The highest BCUT2D eigenvalue weighted by Crippen LogP contribution is 2.20. The van der Waals surface area contributed by atoms with Gasteiger partial charge in [-0.15, -0.1) is 0 Å². The van der Waals surface area contributed by atoms with Gasteiger partial charge in [0.25, 0.3) is 0 Å². The minimum Gasteiger partial charge on any atom is -0.464 e. The number of hydrogen-bond donors (Lipinski definition) is 2. The highest BCUT2D eigenvalue weighted by molar-refractivity contribution is 5.91. The van der Waals surface area contributed by atoms with Crippen LogP contribution < -0.4 is 5.32 Å². The van der Waals surface area contributed by atoms with Crippen LogP contribution in [-0.4, -0.2) is 35.7 Å². The minimum atomic E-state index is -0.785. The second-order valence-electron chi connectivity index (χ2n) is 3.82. The quantitative estimate of drug-likeness (QED) is 0.698. The molecule has 94 valence electrons. The summed E-state index contributed by atoms with van der Waals surface area (Å²) >= 11 is 0. The molecule has 0 spiro atoms. The molecule has 5 nitrogen and oxygen atoms in total. The predicted molar refractivity (Wildman–Crippen MR) is 59.8 cm³/mol. The van der Waals surface area contributed by atoms with Crippen LogP contribution in [0.5, 0.6) is 0 Å². The molecule has 1 aliphatic rings. The number of hydrogen-bond acceptors (Lipinski definition) is 4. The third-order valence-electron chi connectivity index (χ3n) is 2.22. The predicted octanol–water partition coefficient (Wildman–Crippen LogP) is 0.607. The van der Waals surface area contributed by atoms with Gasteiger partial charge in [-0.1, -0.05) is 6.92 Å². The molecule has 0 saturated carbocycles. The van der Waals surface area contributed by atoms with Crippen molar-refractivity contribution in [2.75, 3.05) is 13.2 Å². The van der Waals surface area contributed by atoms with E-state index in [-0.39, 0.29) is 11.9 Å². The number of carbonyl (C=O) groups excluding carboxylic acids is 2. The van der Waals surface area contributed by atoms with Crippen LogP contribution in [-0.2, 0) is 14.3 Å². The van der Waals surface area contributed by atoms with Crippen LogP contribution in [0, 0.1) is 0 Å². The average molecular weight is 231 g/mol. The summed E-state index contributed by atoms with van der Waals surface area (Å²) in [5, 5.41) is 10.5. The van der Waals surface area contributed by atoms with Crippen molar-refractivity contribution in [2.45, 2.75) is 45.6 Å². The van der Waals surface area contributed by atoms with E-state index in [0.29, 0.717) is 26.1 Å². The van der Waals surface area contributed by atoms with Gasteiger partial charge in [0.1, 0.15) is 5.54 Å². The standard InChI is InChI=1S/C8H13NO3.C3H8O/c1-3-12-7(11)8(2)5-4-6(10)9-8;1-2-3-4/h3-5H2,1-2H3,(H,9,10);4H,2-3H2,1H3. The molecule has 16 heavy (non-hydrogen) atoms. The van der Waals surface area contributed by atoms with Crippen LogP contribution in [0.1, 0.15) is 40.0 Å². The van der Waals surface area contributed by atoms with Crippen LogP contribution in [0.4, 0.5) is 0 Å². The van der Waals surface area contributed by atoms with E-state index in [0.717, 1.165) is 6.42 Å². The smallest absolute Gasteiger partial charge is 0.331 e. The Morgan fingerprint density at radius 3 is 2.44 bits per heavy atom. The zero-order valence-corrected chi connectivity index (χ0v) is 10.2. The number of aliphatic hydroxyl groups excluding tert-OH is 1.